The number of aryl methyl sites for hydroxylation is 2. The Bertz CT molecular complexity index is 780. The lowest BCUT2D eigenvalue weighted by Gasteiger charge is -2.13. The molecule has 0 saturated heterocycles. The molecule has 21 heavy (non-hydrogen) atoms. The minimum Gasteiger partial charge on any atom is -0.454 e. The minimum atomic E-state index is -0.628. The van der Waals surface area contributed by atoms with Crippen molar-refractivity contribution in [3.05, 3.63) is 56.8 Å². The van der Waals surface area contributed by atoms with Crippen molar-refractivity contribution < 1.29 is 9.13 Å². The number of nitriles is 2. The van der Waals surface area contributed by atoms with Crippen LogP contribution < -0.4 is 4.74 Å². The van der Waals surface area contributed by atoms with Crippen molar-refractivity contribution in [3.8, 4) is 23.6 Å². The quantitative estimate of drug-likeness (QED) is 0.790. The van der Waals surface area contributed by atoms with Crippen LogP contribution in [0.2, 0.25) is 0 Å². The van der Waals surface area contributed by atoms with Gasteiger partial charge in [-0.25, -0.2) is 4.39 Å². The molecule has 0 aliphatic carbocycles. The number of nitrogens with zero attached hydrogens (tertiary/aromatic N) is 2. The second-order valence-corrected chi connectivity index (χ2v) is 5.30. The largest absolute Gasteiger partial charge is 0.454 e. The molecular formula is C16H10BrFN2O. The number of benzene rings is 2. The molecule has 0 unspecified atom stereocenters. The van der Waals surface area contributed by atoms with Gasteiger partial charge in [-0.05, 0) is 65.2 Å². The van der Waals surface area contributed by atoms with Gasteiger partial charge in [0.1, 0.15) is 11.8 Å². The van der Waals surface area contributed by atoms with Crippen LogP contribution in [0, 0.1) is 42.3 Å². The first-order valence-electron chi connectivity index (χ1n) is 6.05. The molecule has 0 bridgehead atoms. The molecule has 0 fully saturated rings. The molecule has 0 atom stereocenters. The van der Waals surface area contributed by atoms with E-state index in [1.165, 1.54) is 12.1 Å². The second-order valence-electron chi connectivity index (χ2n) is 4.50. The van der Waals surface area contributed by atoms with Crippen LogP contribution in [0.3, 0.4) is 0 Å². The van der Waals surface area contributed by atoms with Crippen LogP contribution in [-0.2, 0) is 0 Å². The van der Waals surface area contributed by atoms with Gasteiger partial charge in [-0.2, -0.15) is 10.5 Å². The molecule has 2 aromatic rings. The molecule has 0 aliphatic rings. The van der Waals surface area contributed by atoms with Gasteiger partial charge in [-0.15, -0.1) is 0 Å². The molecule has 2 rings (SSSR count). The first-order chi connectivity index (χ1) is 9.97. The molecule has 2 aromatic carbocycles. The fourth-order valence-electron chi connectivity index (χ4n) is 1.98. The summed E-state index contributed by atoms with van der Waals surface area (Å²) in [7, 11) is 0. The van der Waals surface area contributed by atoms with Crippen molar-refractivity contribution in [3.63, 3.8) is 0 Å². The Hall–Kier alpha value is -2.37. The van der Waals surface area contributed by atoms with E-state index in [4.69, 9.17) is 15.3 Å². The van der Waals surface area contributed by atoms with Gasteiger partial charge in [0.05, 0.1) is 21.7 Å². The van der Waals surface area contributed by atoms with E-state index < -0.39 is 5.82 Å². The fraction of sp³-hybridized carbons (Fsp3) is 0.125. The summed E-state index contributed by atoms with van der Waals surface area (Å²) in [6.45, 7) is 3.58. The van der Waals surface area contributed by atoms with E-state index in [1.54, 1.807) is 26.0 Å². The van der Waals surface area contributed by atoms with Crippen LogP contribution in [0.4, 0.5) is 4.39 Å². The first kappa shape index (κ1) is 15.0. The highest BCUT2D eigenvalue weighted by Gasteiger charge is 2.15. The molecule has 104 valence electrons. The Morgan fingerprint density at radius 1 is 1.10 bits per heavy atom. The maximum Gasteiger partial charge on any atom is 0.181 e. The summed E-state index contributed by atoms with van der Waals surface area (Å²) in [5.41, 5.74) is 2.21. The van der Waals surface area contributed by atoms with Crippen LogP contribution in [0.1, 0.15) is 22.3 Å². The molecule has 0 spiro atoms. The Morgan fingerprint density at radius 3 is 2.24 bits per heavy atom. The summed E-state index contributed by atoms with van der Waals surface area (Å²) < 4.78 is 19.9. The Kier molecular flexibility index (Phi) is 4.26. The van der Waals surface area contributed by atoms with Crippen LogP contribution in [0.25, 0.3) is 0 Å². The monoisotopic (exact) mass is 344 g/mol. The lowest BCUT2D eigenvalue weighted by Crippen LogP contribution is -1.96. The smallest absolute Gasteiger partial charge is 0.181 e. The zero-order chi connectivity index (χ0) is 15.6. The summed E-state index contributed by atoms with van der Waals surface area (Å²) in [5.74, 6) is -0.0986. The third-order valence-electron chi connectivity index (χ3n) is 2.97. The maximum absolute atomic E-state index is 14.2. The predicted molar refractivity (Wildman–Crippen MR) is 79.5 cm³/mol. The van der Waals surface area contributed by atoms with Gasteiger partial charge >= 0.3 is 0 Å². The Labute approximate surface area is 130 Å². The van der Waals surface area contributed by atoms with Crippen molar-refractivity contribution in [1.82, 2.24) is 0 Å². The highest BCUT2D eigenvalue weighted by Crippen LogP contribution is 2.34. The van der Waals surface area contributed by atoms with Crippen molar-refractivity contribution in [2.75, 3.05) is 0 Å². The average Bonchev–Trinajstić information content (AvgIpc) is 2.47. The van der Waals surface area contributed by atoms with Crippen LogP contribution in [0.15, 0.2) is 28.7 Å². The summed E-state index contributed by atoms with van der Waals surface area (Å²) in [5, 5.41) is 17.8. The van der Waals surface area contributed by atoms with E-state index in [1.807, 2.05) is 6.07 Å². The Balaban J connectivity index is 2.47. The molecule has 5 heteroatoms. The zero-order valence-electron chi connectivity index (χ0n) is 11.4. The van der Waals surface area contributed by atoms with Gasteiger partial charge in [0.25, 0.3) is 0 Å². The lowest BCUT2D eigenvalue weighted by atomic mass is 10.1. The zero-order valence-corrected chi connectivity index (χ0v) is 13.0. The van der Waals surface area contributed by atoms with Crippen LogP contribution in [-0.4, -0.2) is 0 Å². The number of hydrogen-bond acceptors (Lipinski definition) is 3. The molecule has 0 radical (unpaired) electrons. The molecule has 0 amide bonds. The minimum absolute atomic E-state index is 0.0248. The number of hydrogen-bond donors (Lipinski definition) is 0. The van der Waals surface area contributed by atoms with Gasteiger partial charge in [0.15, 0.2) is 11.6 Å². The van der Waals surface area contributed by atoms with Gasteiger partial charge in [-0.3, -0.25) is 0 Å². The maximum atomic E-state index is 14.2. The standard InChI is InChI=1S/C16H10BrFN2O/c1-9-5-11(7-19)6-10(2)16(9)21-13-4-3-12(8-20)14(17)15(13)18/h3-6H,1-2H3. The molecular weight excluding hydrogens is 335 g/mol. The first-order valence-corrected chi connectivity index (χ1v) is 6.84. The molecule has 0 aliphatic heterocycles. The van der Waals surface area contributed by atoms with E-state index >= 15 is 0 Å². The summed E-state index contributed by atoms with van der Waals surface area (Å²) in [4.78, 5) is 0. The lowest BCUT2D eigenvalue weighted by molar-refractivity contribution is 0.435. The van der Waals surface area contributed by atoms with E-state index in [0.717, 1.165) is 11.1 Å². The van der Waals surface area contributed by atoms with Gasteiger partial charge < -0.3 is 4.74 Å². The van der Waals surface area contributed by atoms with Crippen molar-refractivity contribution >= 4 is 15.9 Å². The highest BCUT2D eigenvalue weighted by molar-refractivity contribution is 9.10. The topological polar surface area (TPSA) is 56.8 Å². The molecule has 0 aromatic heterocycles. The number of ether oxygens (including phenoxy) is 1. The third-order valence-corrected chi connectivity index (χ3v) is 3.74. The SMILES string of the molecule is Cc1cc(C#N)cc(C)c1Oc1ccc(C#N)c(Br)c1F. The van der Waals surface area contributed by atoms with Gasteiger partial charge in [0.2, 0.25) is 0 Å². The fourth-order valence-corrected chi connectivity index (χ4v) is 2.40. The third kappa shape index (κ3) is 2.89. The number of halogens is 2. The summed E-state index contributed by atoms with van der Waals surface area (Å²) >= 11 is 3.04. The Morgan fingerprint density at radius 2 is 1.71 bits per heavy atom. The van der Waals surface area contributed by atoms with Crippen LogP contribution >= 0.6 is 15.9 Å². The number of rotatable bonds is 2. The van der Waals surface area contributed by atoms with E-state index in [9.17, 15) is 4.39 Å². The van der Waals surface area contributed by atoms with E-state index in [2.05, 4.69) is 22.0 Å². The summed E-state index contributed by atoms with van der Waals surface area (Å²) in [6.07, 6.45) is 0. The van der Waals surface area contributed by atoms with Crippen molar-refractivity contribution in [1.29, 1.82) is 10.5 Å². The molecule has 0 N–H and O–H groups in total. The normalized spacial score (nSPS) is 9.81. The van der Waals surface area contributed by atoms with Gasteiger partial charge in [-0.1, -0.05) is 0 Å². The van der Waals surface area contributed by atoms with Crippen molar-refractivity contribution in [2.24, 2.45) is 0 Å². The van der Waals surface area contributed by atoms with Crippen LogP contribution in [0.5, 0.6) is 11.5 Å². The van der Waals surface area contributed by atoms with E-state index in [-0.39, 0.29) is 15.8 Å². The molecule has 0 heterocycles. The summed E-state index contributed by atoms with van der Waals surface area (Å²) in [6, 6.07) is 10.2. The average molecular weight is 345 g/mol. The highest BCUT2D eigenvalue weighted by atomic mass is 79.9. The van der Waals surface area contributed by atoms with Gasteiger partial charge in [0, 0.05) is 0 Å². The molecule has 0 saturated carbocycles. The molecule has 3 nitrogen and oxygen atoms in total. The second kappa shape index (κ2) is 5.95. The van der Waals surface area contributed by atoms with E-state index in [0.29, 0.717) is 11.3 Å². The predicted octanol–water partition coefficient (Wildman–Crippen LogP) is 4.74. The van der Waals surface area contributed by atoms with Crippen molar-refractivity contribution in [2.45, 2.75) is 13.8 Å².